The zero-order valence-corrected chi connectivity index (χ0v) is 12.6. The Morgan fingerprint density at radius 2 is 2.19 bits per heavy atom. The number of carboxylic acid groups (broad SMARTS) is 1. The summed E-state index contributed by atoms with van der Waals surface area (Å²) in [6.07, 6.45) is 0.454. The molecule has 1 rings (SSSR count). The predicted octanol–water partition coefficient (Wildman–Crippen LogP) is 2.23. The van der Waals surface area contributed by atoms with Crippen molar-refractivity contribution in [3.63, 3.8) is 0 Å². The summed E-state index contributed by atoms with van der Waals surface area (Å²) in [6, 6.07) is 6.78. The Morgan fingerprint density at radius 3 is 2.86 bits per heavy atom. The van der Waals surface area contributed by atoms with Gasteiger partial charge in [0.1, 0.15) is 12.4 Å². The van der Waals surface area contributed by atoms with Crippen LogP contribution in [0.4, 0.5) is 4.79 Å². The topological polar surface area (TPSA) is 78.9 Å². The van der Waals surface area contributed by atoms with E-state index in [-0.39, 0.29) is 12.5 Å². The molecule has 0 aliphatic rings. The minimum absolute atomic E-state index is 0.0435. The molecule has 0 atom stereocenters. The van der Waals surface area contributed by atoms with Gasteiger partial charge < -0.3 is 20.1 Å². The number of halogens is 1. The molecule has 0 saturated heterocycles. The van der Waals surface area contributed by atoms with E-state index in [1.165, 1.54) is 4.90 Å². The molecule has 0 aliphatic carbocycles. The Morgan fingerprint density at radius 1 is 1.43 bits per heavy atom. The molecule has 6 nitrogen and oxygen atoms in total. The van der Waals surface area contributed by atoms with Crippen LogP contribution in [0.3, 0.4) is 0 Å². The number of amides is 2. The standard InChI is InChI=1S/C14H19ClN2O4/c1-17(14(20)16-7-3-6-13(18)19)8-9-21-12-5-2-4-11(15)10-12/h2,4-5,10H,3,6-9H2,1H3,(H,16,20)(H,18,19). The molecule has 0 fully saturated rings. The molecule has 0 aliphatic heterocycles. The summed E-state index contributed by atoms with van der Waals surface area (Å²) in [7, 11) is 1.65. The quantitative estimate of drug-likeness (QED) is 0.721. The lowest BCUT2D eigenvalue weighted by Crippen LogP contribution is -2.39. The number of carboxylic acids is 1. The molecule has 2 N–H and O–H groups in total. The summed E-state index contributed by atoms with van der Waals surface area (Å²) in [5, 5.41) is 11.7. The van der Waals surface area contributed by atoms with E-state index in [4.69, 9.17) is 21.4 Å². The van der Waals surface area contributed by atoms with Crippen LogP contribution >= 0.6 is 11.6 Å². The maximum Gasteiger partial charge on any atom is 0.317 e. The molecule has 1 aromatic rings. The molecule has 116 valence electrons. The van der Waals surface area contributed by atoms with Gasteiger partial charge in [0, 0.05) is 25.0 Å². The summed E-state index contributed by atoms with van der Waals surface area (Å²) in [4.78, 5) is 23.5. The predicted molar refractivity (Wildman–Crippen MR) is 79.8 cm³/mol. The fourth-order valence-corrected chi connectivity index (χ4v) is 1.71. The van der Waals surface area contributed by atoms with Gasteiger partial charge in [-0.2, -0.15) is 0 Å². The number of rotatable bonds is 8. The molecule has 0 bridgehead atoms. The largest absolute Gasteiger partial charge is 0.492 e. The second-order valence-electron chi connectivity index (χ2n) is 4.46. The van der Waals surface area contributed by atoms with Gasteiger partial charge in [-0.3, -0.25) is 4.79 Å². The van der Waals surface area contributed by atoms with Crippen LogP contribution in [-0.4, -0.2) is 48.8 Å². The van der Waals surface area contributed by atoms with E-state index < -0.39 is 5.97 Å². The molecule has 7 heteroatoms. The highest BCUT2D eigenvalue weighted by Gasteiger charge is 2.08. The summed E-state index contributed by atoms with van der Waals surface area (Å²) < 4.78 is 5.48. The normalized spacial score (nSPS) is 10.0. The molecular formula is C14H19ClN2O4. The molecule has 0 unspecified atom stereocenters. The van der Waals surface area contributed by atoms with Gasteiger partial charge in [-0.15, -0.1) is 0 Å². The fraction of sp³-hybridized carbons (Fsp3) is 0.429. The SMILES string of the molecule is CN(CCOc1cccc(Cl)c1)C(=O)NCCCC(=O)O. The van der Waals surface area contributed by atoms with Gasteiger partial charge in [0.25, 0.3) is 0 Å². The zero-order valence-electron chi connectivity index (χ0n) is 11.8. The van der Waals surface area contributed by atoms with Gasteiger partial charge in [0.2, 0.25) is 0 Å². The number of urea groups is 1. The van der Waals surface area contributed by atoms with Gasteiger partial charge in [-0.25, -0.2) is 4.79 Å². The molecule has 0 radical (unpaired) electrons. The average molecular weight is 315 g/mol. The monoisotopic (exact) mass is 314 g/mol. The lowest BCUT2D eigenvalue weighted by molar-refractivity contribution is -0.137. The number of hydrogen-bond donors (Lipinski definition) is 2. The molecule has 0 spiro atoms. The van der Waals surface area contributed by atoms with E-state index in [2.05, 4.69) is 5.32 Å². The summed E-state index contributed by atoms with van der Waals surface area (Å²) in [5.74, 6) is -0.217. The second kappa shape index (κ2) is 9.07. The minimum atomic E-state index is -0.868. The van der Waals surface area contributed by atoms with Crippen molar-refractivity contribution in [3.8, 4) is 5.75 Å². The van der Waals surface area contributed by atoms with Crippen LogP contribution in [0, 0.1) is 0 Å². The van der Waals surface area contributed by atoms with Crippen molar-refractivity contribution in [2.75, 3.05) is 26.7 Å². The van der Waals surface area contributed by atoms with Crippen molar-refractivity contribution in [2.45, 2.75) is 12.8 Å². The maximum atomic E-state index is 11.7. The Labute approximate surface area is 128 Å². The van der Waals surface area contributed by atoms with Gasteiger partial charge in [-0.1, -0.05) is 17.7 Å². The Kier molecular flexibility index (Phi) is 7.39. The highest BCUT2D eigenvalue weighted by Crippen LogP contribution is 2.16. The number of hydrogen-bond acceptors (Lipinski definition) is 3. The van der Waals surface area contributed by atoms with Gasteiger partial charge in [-0.05, 0) is 24.6 Å². The van der Waals surface area contributed by atoms with Gasteiger partial charge >= 0.3 is 12.0 Å². The second-order valence-corrected chi connectivity index (χ2v) is 4.89. The first-order valence-corrected chi connectivity index (χ1v) is 6.96. The highest BCUT2D eigenvalue weighted by atomic mass is 35.5. The van der Waals surface area contributed by atoms with E-state index in [1.54, 1.807) is 31.3 Å². The maximum absolute atomic E-state index is 11.7. The first-order valence-electron chi connectivity index (χ1n) is 6.58. The molecule has 0 saturated carbocycles. The average Bonchev–Trinajstić information content (AvgIpc) is 2.43. The van der Waals surface area contributed by atoms with E-state index in [9.17, 15) is 9.59 Å². The van der Waals surface area contributed by atoms with Crippen molar-refractivity contribution in [3.05, 3.63) is 29.3 Å². The first kappa shape index (κ1) is 17.1. The molecule has 1 aromatic carbocycles. The zero-order chi connectivity index (χ0) is 15.7. The van der Waals surface area contributed by atoms with Crippen LogP contribution in [0.2, 0.25) is 5.02 Å². The van der Waals surface area contributed by atoms with Crippen LogP contribution in [0.1, 0.15) is 12.8 Å². The molecule has 0 aromatic heterocycles. The van der Waals surface area contributed by atoms with Crippen LogP contribution < -0.4 is 10.1 Å². The minimum Gasteiger partial charge on any atom is -0.492 e. The smallest absolute Gasteiger partial charge is 0.317 e. The van der Waals surface area contributed by atoms with Crippen LogP contribution in [0.25, 0.3) is 0 Å². The Hall–Kier alpha value is -1.95. The number of likely N-dealkylation sites (N-methyl/N-ethyl adjacent to an activating group) is 1. The van der Waals surface area contributed by atoms with Crippen molar-refractivity contribution >= 4 is 23.6 Å². The Bertz CT molecular complexity index is 482. The summed E-state index contributed by atoms with van der Waals surface area (Å²) >= 11 is 5.83. The third kappa shape index (κ3) is 7.41. The van der Waals surface area contributed by atoms with Gasteiger partial charge in [0.05, 0.1) is 6.54 Å². The van der Waals surface area contributed by atoms with Crippen molar-refractivity contribution in [1.82, 2.24) is 10.2 Å². The van der Waals surface area contributed by atoms with E-state index in [0.29, 0.717) is 36.9 Å². The van der Waals surface area contributed by atoms with E-state index in [1.807, 2.05) is 0 Å². The third-order valence-electron chi connectivity index (χ3n) is 2.68. The van der Waals surface area contributed by atoms with Gasteiger partial charge in [0.15, 0.2) is 0 Å². The lowest BCUT2D eigenvalue weighted by atomic mass is 10.3. The molecule has 2 amide bonds. The number of nitrogens with one attached hydrogen (secondary N) is 1. The van der Waals surface area contributed by atoms with Crippen LogP contribution in [0.5, 0.6) is 5.75 Å². The Balaban J connectivity index is 2.19. The van der Waals surface area contributed by atoms with Crippen molar-refractivity contribution in [2.24, 2.45) is 0 Å². The molecular weight excluding hydrogens is 296 g/mol. The van der Waals surface area contributed by atoms with E-state index >= 15 is 0 Å². The fourth-order valence-electron chi connectivity index (χ4n) is 1.53. The number of carbonyl (C=O) groups excluding carboxylic acids is 1. The van der Waals surface area contributed by atoms with Crippen molar-refractivity contribution < 1.29 is 19.4 Å². The van der Waals surface area contributed by atoms with Crippen LogP contribution in [0.15, 0.2) is 24.3 Å². The summed E-state index contributed by atoms with van der Waals surface area (Å²) in [5.41, 5.74) is 0. The summed E-state index contributed by atoms with van der Waals surface area (Å²) in [6.45, 7) is 1.10. The number of carbonyl (C=O) groups is 2. The number of benzene rings is 1. The number of nitrogens with zero attached hydrogens (tertiary/aromatic N) is 1. The molecule has 0 heterocycles. The van der Waals surface area contributed by atoms with E-state index in [0.717, 1.165) is 0 Å². The van der Waals surface area contributed by atoms with Crippen molar-refractivity contribution in [1.29, 1.82) is 0 Å². The van der Waals surface area contributed by atoms with Crippen LogP contribution in [-0.2, 0) is 4.79 Å². The number of ether oxygens (including phenoxy) is 1. The highest BCUT2D eigenvalue weighted by molar-refractivity contribution is 6.30. The third-order valence-corrected chi connectivity index (χ3v) is 2.92. The number of aliphatic carboxylic acids is 1. The molecule has 21 heavy (non-hydrogen) atoms. The first-order chi connectivity index (χ1) is 9.99. The lowest BCUT2D eigenvalue weighted by Gasteiger charge is -2.18.